The number of aryl methyl sites for hydroxylation is 1. The van der Waals surface area contributed by atoms with Crippen molar-refractivity contribution in [3.8, 4) is 11.4 Å². The number of hydrogen-bond acceptors (Lipinski definition) is 4. The second kappa shape index (κ2) is 5.19. The summed E-state index contributed by atoms with van der Waals surface area (Å²) in [7, 11) is 1.80. The van der Waals surface area contributed by atoms with E-state index in [1.165, 1.54) is 19.3 Å². The van der Waals surface area contributed by atoms with Crippen LogP contribution in [0.5, 0.6) is 0 Å². The fraction of sp³-hybridized carbons (Fsp3) is 0.500. The highest BCUT2D eigenvalue weighted by Crippen LogP contribution is 2.48. The van der Waals surface area contributed by atoms with E-state index in [4.69, 9.17) is 0 Å². The lowest BCUT2D eigenvalue weighted by Crippen LogP contribution is -2.27. The molecule has 4 rings (SSSR count). The molecule has 1 N–H and O–H groups in total. The summed E-state index contributed by atoms with van der Waals surface area (Å²) in [5, 5.41) is 14.6. The van der Waals surface area contributed by atoms with Crippen LogP contribution < -0.4 is 5.32 Å². The van der Waals surface area contributed by atoms with E-state index in [0.717, 1.165) is 23.6 Å². The number of hydrogen-bond donors (Lipinski definition) is 1. The van der Waals surface area contributed by atoms with Gasteiger partial charge in [0.05, 0.1) is 0 Å². The van der Waals surface area contributed by atoms with Crippen molar-refractivity contribution in [1.82, 2.24) is 20.2 Å². The molecule has 114 valence electrons. The molecule has 3 atom stereocenters. The average molecular weight is 297 g/mol. The molecule has 2 bridgehead atoms. The Labute approximate surface area is 128 Å². The number of tetrazole rings is 1. The molecule has 2 fully saturated rings. The standard InChI is InChI=1S/C16H19N5O/c1-21-15(18-19-20-21)12-3-2-4-13(9-12)17-16(22)14-8-10-5-6-11(14)7-10/h2-4,9-11,14H,5-8H2,1H3,(H,17,22). The number of amides is 1. The predicted octanol–water partition coefficient (Wildman–Crippen LogP) is 2.25. The highest BCUT2D eigenvalue weighted by atomic mass is 16.1. The van der Waals surface area contributed by atoms with Crippen molar-refractivity contribution in [3.63, 3.8) is 0 Å². The molecule has 1 aromatic carbocycles. The van der Waals surface area contributed by atoms with Crippen LogP contribution in [0.4, 0.5) is 5.69 Å². The normalized spacial score (nSPS) is 26.3. The van der Waals surface area contributed by atoms with Gasteiger partial charge in [-0.3, -0.25) is 4.79 Å². The summed E-state index contributed by atoms with van der Waals surface area (Å²) < 4.78 is 1.62. The van der Waals surface area contributed by atoms with Gasteiger partial charge >= 0.3 is 0 Å². The molecule has 1 aromatic heterocycles. The summed E-state index contributed by atoms with van der Waals surface area (Å²) in [5.41, 5.74) is 1.71. The molecule has 0 aliphatic heterocycles. The highest BCUT2D eigenvalue weighted by molar-refractivity contribution is 5.93. The first-order chi connectivity index (χ1) is 10.7. The van der Waals surface area contributed by atoms with Crippen molar-refractivity contribution in [2.45, 2.75) is 25.7 Å². The zero-order valence-corrected chi connectivity index (χ0v) is 12.6. The topological polar surface area (TPSA) is 72.7 Å². The summed E-state index contributed by atoms with van der Waals surface area (Å²) in [6.45, 7) is 0. The van der Waals surface area contributed by atoms with Crippen LogP contribution in [0.3, 0.4) is 0 Å². The van der Waals surface area contributed by atoms with Crippen LogP contribution in [0.15, 0.2) is 24.3 Å². The fourth-order valence-electron chi connectivity index (χ4n) is 4.01. The second-order valence-corrected chi connectivity index (χ2v) is 6.48. The van der Waals surface area contributed by atoms with Gasteiger partial charge in [-0.2, -0.15) is 0 Å². The van der Waals surface area contributed by atoms with Crippen molar-refractivity contribution in [1.29, 1.82) is 0 Å². The lowest BCUT2D eigenvalue weighted by Gasteiger charge is -2.20. The molecule has 6 heteroatoms. The molecule has 2 aliphatic rings. The van der Waals surface area contributed by atoms with Crippen LogP contribution in [0.2, 0.25) is 0 Å². The first kappa shape index (κ1) is 13.4. The van der Waals surface area contributed by atoms with Crippen LogP contribution in [0.25, 0.3) is 11.4 Å². The third-order valence-corrected chi connectivity index (χ3v) is 5.08. The monoisotopic (exact) mass is 297 g/mol. The molecule has 0 saturated heterocycles. The molecular weight excluding hydrogens is 278 g/mol. The van der Waals surface area contributed by atoms with Gasteiger partial charge in [-0.25, -0.2) is 4.68 Å². The number of rotatable bonds is 3. The van der Waals surface area contributed by atoms with Crippen molar-refractivity contribution >= 4 is 11.6 Å². The fourth-order valence-corrected chi connectivity index (χ4v) is 4.01. The molecule has 22 heavy (non-hydrogen) atoms. The Hall–Kier alpha value is -2.24. The molecule has 6 nitrogen and oxygen atoms in total. The minimum Gasteiger partial charge on any atom is -0.326 e. The summed E-state index contributed by atoms with van der Waals surface area (Å²) in [4.78, 5) is 12.5. The third-order valence-electron chi connectivity index (χ3n) is 5.08. The van der Waals surface area contributed by atoms with Crippen LogP contribution in [0.1, 0.15) is 25.7 Å². The van der Waals surface area contributed by atoms with E-state index < -0.39 is 0 Å². The number of benzene rings is 1. The lowest BCUT2D eigenvalue weighted by molar-refractivity contribution is -0.121. The van der Waals surface area contributed by atoms with Crippen molar-refractivity contribution in [3.05, 3.63) is 24.3 Å². The molecular formula is C16H19N5O. The molecule has 1 heterocycles. The van der Waals surface area contributed by atoms with Gasteiger partial charge in [0.1, 0.15) is 0 Å². The molecule has 2 saturated carbocycles. The Kier molecular flexibility index (Phi) is 3.17. The van der Waals surface area contributed by atoms with E-state index >= 15 is 0 Å². The van der Waals surface area contributed by atoms with Gasteiger partial charge in [-0.15, -0.1) is 5.10 Å². The SMILES string of the molecule is Cn1nnnc1-c1cccc(NC(=O)C2CC3CCC2C3)c1. The number of carbonyl (C=O) groups excluding carboxylic acids is 1. The van der Waals surface area contributed by atoms with E-state index in [2.05, 4.69) is 20.8 Å². The Bertz CT molecular complexity index is 710. The number of carbonyl (C=O) groups is 1. The van der Waals surface area contributed by atoms with E-state index in [-0.39, 0.29) is 11.8 Å². The second-order valence-electron chi connectivity index (χ2n) is 6.48. The van der Waals surface area contributed by atoms with Crippen molar-refractivity contribution in [2.75, 3.05) is 5.32 Å². The molecule has 0 spiro atoms. The number of fused-ring (bicyclic) bond motifs is 2. The van der Waals surface area contributed by atoms with Gasteiger partial charge in [-0.05, 0) is 53.7 Å². The number of aromatic nitrogens is 4. The summed E-state index contributed by atoms with van der Waals surface area (Å²) >= 11 is 0. The largest absolute Gasteiger partial charge is 0.326 e. The van der Waals surface area contributed by atoms with Gasteiger partial charge in [0.15, 0.2) is 5.82 Å². The van der Waals surface area contributed by atoms with E-state index in [0.29, 0.717) is 11.7 Å². The smallest absolute Gasteiger partial charge is 0.227 e. The molecule has 3 unspecified atom stereocenters. The van der Waals surface area contributed by atoms with Gasteiger partial charge in [0.25, 0.3) is 0 Å². The van der Waals surface area contributed by atoms with Gasteiger partial charge < -0.3 is 5.32 Å². The van der Waals surface area contributed by atoms with Crippen LogP contribution in [0, 0.1) is 17.8 Å². The first-order valence-corrected chi connectivity index (χ1v) is 7.84. The quantitative estimate of drug-likeness (QED) is 0.943. The zero-order valence-electron chi connectivity index (χ0n) is 12.6. The minimum absolute atomic E-state index is 0.167. The Balaban J connectivity index is 1.51. The van der Waals surface area contributed by atoms with Crippen LogP contribution >= 0.6 is 0 Å². The number of nitrogens with one attached hydrogen (secondary N) is 1. The summed E-state index contributed by atoms with van der Waals surface area (Å²) in [5.74, 6) is 2.42. The Morgan fingerprint density at radius 2 is 2.23 bits per heavy atom. The van der Waals surface area contributed by atoms with E-state index in [1.54, 1.807) is 11.7 Å². The first-order valence-electron chi connectivity index (χ1n) is 7.84. The Morgan fingerprint density at radius 3 is 2.91 bits per heavy atom. The predicted molar refractivity (Wildman–Crippen MR) is 81.8 cm³/mol. The van der Waals surface area contributed by atoms with Crippen molar-refractivity contribution < 1.29 is 4.79 Å². The summed E-state index contributed by atoms with van der Waals surface area (Å²) in [6, 6.07) is 7.70. The molecule has 2 aliphatic carbocycles. The average Bonchev–Trinajstić information content (AvgIpc) is 3.23. The number of nitrogens with zero attached hydrogens (tertiary/aromatic N) is 4. The maximum atomic E-state index is 12.5. The van der Waals surface area contributed by atoms with Crippen molar-refractivity contribution in [2.24, 2.45) is 24.8 Å². The maximum Gasteiger partial charge on any atom is 0.227 e. The van der Waals surface area contributed by atoms with Crippen LogP contribution in [-0.4, -0.2) is 26.1 Å². The van der Waals surface area contributed by atoms with Crippen LogP contribution in [-0.2, 0) is 11.8 Å². The van der Waals surface area contributed by atoms with Gasteiger partial charge in [0.2, 0.25) is 5.91 Å². The molecule has 1 amide bonds. The lowest BCUT2D eigenvalue weighted by atomic mass is 9.88. The highest BCUT2D eigenvalue weighted by Gasteiger charge is 2.42. The minimum atomic E-state index is 0.167. The maximum absolute atomic E-state index is 12.5. The van der Waals surface area contributed by atoms with Gasteiger partial charge in [0, 0.05) is 24.2 Å². The third kappa shape index (κ3) is 2.28. The van der Waals surface area contributed by atoms with E-state index in [1.807, 2.05) is 24.3 Å². The molecule has 0 radical (unpaired) electrons. The van der Waals surface area contributed by atoms with E-state index in [9.17, 15) is 4.79 Å². The zero-order chi connectivity index (χ0) is 15.1. The molecule has 2 aromatic rings. The Morgan fingerprint density at radius 1 is 1.32 bits per heavy atom. The number of anilines is 1. The summed E-state index contributed by atoms with van der Waals surface area (Å²) in [6.07, 6.45) is 4.82. The van der Waals surface area contributed by atoms with Gasteiger partial charge in [-0.1, -0.05) is 18.6 Å².